The summed E-state index contributed by atoms with van der Waals surface area (Å²) in [5, 5.41) is 0. The third kappa shape index (κ3) is 5.21. The lowest BCUT2D eigenvalue weighted by Crippen LogP contribution is -2.49. The van der Waals surface area contributed by atoms with Crippen LogP contribution in [0.1, 0.15) is 25.3 Å². The zero-order valence-corrected chi connectivity index (χ0v) is 14.5. The molecule has 1 amide bonds. The van der Waals surface area contributed by atoms with Gasteiger partial charge in [0, 0.05) is 24.8 Å². The number of nitrogens with two attached hydrogens (primary N) is 1. The van der Waals surface area contributed by atoms with E-state index in [1.807, 2.05) is 11.0 Å². The second-order valence-electron chi connectivity index (χ2n) is 6.36. The van der Waals surface area contributed by atoms with Crippen molar-refractivity contribution in [3.05, 3.63) is 29.8 Å². The van der Waals surface area contributed by atoms with E-state index >= 15 is 0 Å². The monoisotopic (exact) mass is 339 g/mol. The molecule has 3 N–H and O–H groups in total. The van der Waals surface area contributed by atoms with Gasteiger partial charge < -0.3 is 10.6 Å². The number of benzene rings is 1. The highest BCUT2D eigenvalue weighted by atomic mass is 32.2. The van der Waals surface area contributed by atoms with E-state index in [0.717, 1.165) is 31.2 Å². The maximum atomic E-state index is 12.6. The average molecular weight is 339 g/mol. The topological polar surface area (TPSA) is 92.5 Å². The van der Waals surface area contributed by atoms with Gasteiger partial charge in [0.2, 0.25) is 15.9 Å². The first-order valence-corrected chi connectivity index (χ1v) is 9.74. The third-order valence-electron chi connectivity index (χ3n) is 4.16. The minimum Gasteiger partial charge on any atom is -0.338 e. The van der Waals surface area contributed by atoms with Gasteiger partial charge in [-0.3, -0.25) is 9.52 Å². The third-order valence-corrected chi connectivity index (χ3v) is 4.76. The quantitative estimate of drug-likeness (QED) is 0.843. The highest BCUT2D eigenvalue weighted by Gasteiger charge is 2.28. The van der Waals surface area contributed by atoms with Crippen LogP contribution in [0.2, 0.25) is 0 Å². The van der Waals surface area contributed by atoms with Crippen molar-refractivity contribution in [3.63, 3.8) is 0 Å². The summed E-state index contributed by atoms with van der Waals surface area (Å²) < 4.78 is 25.0. The van der Waals surface area contributed by atoms with E-state index in [4.69, 9.17) is 5.73 Å². The van der Waals surface area contributed by atoms with Crippen LogP contribution in [0.3, 0.4) is 0 Å². The fourth-order valence-corrected chi connectivity index (χ4v) is 3.59. The molecule has 0 bridgehead atoms. The predicted octanol–water partition coefficient (Wildman–Crippen LogP) is 1.19. The SMILES string of the molecule is CC1CCN(C(=O)Cc2cccc(NS(C)(=O)=O)c2)C(CN)C1. The van der Waals surface area contributed by atoms with Crippen LogP contribution in [0.15, 0.2) is 24.3 Å². The standard InChI is InChI=1S/C16H25N3O3S/c1-12-6-7-19(15(8-12)11-17)16(20)10-13-4-3-5-14(9-13)18-23(2,21)22/h3-5,9,12,15,18H,6-8,10-11,17H2,1-2H3. The average Bonchev–Trinajstić information content (AvgIpc) is 2.45. The van der Waals surface area contributed by atoms with Crippen molar-refractivity contribution in [1.29, 1.82) is 0 Å². The highest BCUT2D eigenvalue weighted by molar-refractivity contribution is 7.92. The van der Waals surface area contributed by atoms with Gasteiger partial charge in [-0.25, -0.2) is 8.42 Å². The molecule has 1 heterocycles. The first kappa shape index (κ1) is 17.7. The first-order chi connectivity index (χ1) is 10.8. The first-order valence-electron chi connectivity index (χ1n) is 7.84. The van der Waals surface area contributed by atoms with Crippen molar-refractivity contribution >= 4 is 21.6 Å². The summed E-state index contributed by atoms with van der Waals surface area (Å²) in [6.45, 7) is 3.40. The molecular weight excluding hydrogens is 314 g/mol. The molecule has 1 saturated heterocycles. The van der Waals surface area contributed by atoms with Crippen molar-refractivity contribution in [2.75, 3.05) is 24.1 Å². The van der Waals surface area contributed by atoms with Crippen LogP contribution in [0, 0.1) is 5.92 Å². The van der Waals surface area contributed by atoms with Gasteiger partial charge in [0.15, 0.2) is 0 Å². The van der Waals surface area contributed by atoms with E-state index in [2.05, 4.69) is 11.6 Å². The number of rotatable bonds is 5. The number of carbonyl (C=O) groups excluding carboxylic acids is 1. The van der Waals surface area contributed by atoms with Gasteiger partial charge in [0.1, 0.15) is 0 Å². The maximum Gasteiger partial charge on any atom is 0.229 e. The van der Waals surface area contributed by atoms with Gasteiger partial charge in [0.05, 0.1) is 12.7 Å². The maximum absolute atomic E-state index is 12.6. The molecule has 128 valence electrons. The Balaban J connectivity index is 2.06. The van der Waals surface area contributed by atoms with Crippen LogP contribution in [-0.4, -0.2) is 44.6 Å². The van der Waals surface area contributed by atoms with Crippen molar-refractivity contribution in [1.82, 2.24) is 4.90 Å². The van der Waals surface area contributed by atoms with Crippen LogP contribution < -0.4 is 10.5 Å². The summed E-state index contributed by atoms with van der Waals surface area (Å²) in [7, 11) is -3.32. The molecule has 2 atom stereocenters. The van der Waals surface area contributed by atoms with E-state index in [1.165, 1.54) is 0 Å². The number of sulfonamides is 1. The van der Waals surface area contributed by atoms with Gasteiger partial charge in [0.25, 0.3) is 0 Å². The second kappa shape index (κ2) is 7.31. The fraction of sp³-hybridized carbons (Fsp3) is 0.562. The molecule has 1 aromatic rings. The molecule has 6 nitrogen and oxygen atoms in total. The van der Waals surface area contributed by atoms with Gasteiger partial charge in [-0.2, -0.15) is 0 Å². The zero-order chi connectivity index (χ0) is 17.0. The predicted molar refractivity (Wildman–Crippen MR) is 91.6 cm³/mol. The second-order valence-corrected chi connectivity index (χ2v) is 8.11. The molecule has 0 saturated carbocycles. The zero-order valence-electron chi connectivity index (χ0n) is 13.7. The summed E-state index contributed by atoms with van der Waals surface area (Å²) in [6, 6.07) is 7.04. The molecule has 1 aliphatic heterocycles. The Hall–Kier alpha value is -1.60. The lowest BCUT2D eigenvalue weighted by Gasteiger charge is -2.38. The lowest BCUT2D eigenvalue weighted by molar-refractivity contribution is -0.134. The lowest BCUT2D eigenvalue weighted by atomic mass is 9.92. The number of carbonyl (C=O) groups is 1. The van der Waals surface area contributed by atoms with E-state index < -0.39 is 10.0 Å². The number of amides is 1. The Kier molecular flexibility index (Phi) is 5.64. The number of hydrogen-bond donors (Lipinski definition) is 2. The minimum atomic E-state index is -3.32. The molecule has 1 aromatic carbocycles. The highest BCUT2D eigenvalue weighted by Crippen LogP contribution is 2.23. The Morgan fingerprint density at radius 2 is 2.17 bits per heavy atom. The number of hydrogen-bond acceptors (Lipinski definition) is 4. The van der Waals surface area contributed by atoms with Crippen molar-refractivity contribution in [2.24, 2.45) is 11.7 Å². The smallest absolute Gasteiger partial charge is 0.229 e. The van der Waals surface area contributed by atoms with Crippen LogP contribution in [0.5, 0.6) is 0 Å². The van der Waals surface area contributed by atoms with Crippen LogP contribution in [0.25, 0.3) is 0 Å². The number of piperidine rings is 1. The molecule has 0 radical (unpaired) electrons. The Bertz CT molecular complexity index is 660. The molecule has 0 spiro atoms. The minimum absolute atomic E-state index is 0.0452. The Morgan fingerprint density at radius 1 is 1.43 bits per heavy atom. The summed E-state index contributed by atoms with van der Waals surface area (Å²) in [5.74, 6) is 0.638. The number of likely N-dealkylation sites (tertiary alicyclic amines) is 1. The van der Waals surface area contributed by atoms with E-state index in [1.54, 1.807) is 18.2 Å². The van der Waals surface area contributed by atoms with Gasteiger partial charge in [-0.05, 0) is 36.5 Å². The molecular formula is C16H25N3O3S. The molecule has 2 rings (SSSR count). The van der Waals surface area contributed by atoms with E-state index in [0.29, 0.717) is 18.2 Å². The molecule has 1 aliphatic rings. The normalized spacial score (nSPS) is 22.0. The van der Waals surface area contributed by atoms with Gasteiger partial charge in [-0.15, -0.1) is 0 Å². The molecule has 1 fully saturated rings. The number of nitrogens with one attached hydrogen (secondary N) is 1. The van der Waals surface area contributed by atoms with Crippen LogP contribution >= 0.6 is 0 Å². The molecule has 7 heteroatoms. The van der Waals surface area contributed by atoms with Gasteiger partial charge in [-0.1, -0.05) is 19.1 Å². The molecule has 2 unspecified atom stereocenters. The molecule has 0 aliphatic carbocycles. The molecule has 23 heavy (non-hydrogen) atoms. The summed E-state index contributed by atoms with van der Waals surface area (Å²) in [4.78, 5) is 14.4. The Labute approximate surface area is 138 Å². The van der Waals surface area contributed by atoms with E-state index in [-0.39, 0.29) is 18.4 Å². The van der Waals surface area contributed by atoms with Crippen molar-refractivity contribution in [2.45, 2.75) is 32.2 Å². The van der Waals surface area contributed by atoms with Crippen LogP contribution in [0.4, 0.5) is 5.69 Å². The summed E-state index contributed by atoms with van der Waals surface area (Å²) >= 11 is 0. The summed E-state index contributed by atoms with van der Waals surface area (Å²) in [5.41, 5.74) is 7.07. The summed E-state index contributed by atoms with van der Waals surface area (Å²) in [6.07, 6.45) is 3.30. The number of nitrogens with zero attached hydrogens (tertiary/aromatic N) is 1. The fourth-order valence-electron chi connectivity index (χ4n) is 3.04. The van der Waals surface area contributed by atoms with Crippen molar-refractivity contribution < 1.29 is 13.2 Å². The molecule has 0 aromatic heterocycles. The number of anilines is 1. The van der Waals surface area contributed by atoms with E-state index in [9.17, 15) is 13.2 Å². The van der Waals surface area contributed by atoms with Gasteiger partial charge >= 0.3 is 0 Å². The van der Waals surface area contributed by atoms with Crippen LogP contribution in [-0.2, 0) is 21.2 Å². The van der Waals surface area contributed by atoms with Crippen molar-refractivity contribution in [3.8, 4) is 0 Å². The Morgan fingerprint density at radius 3 is 2.83 bits per heavy atom. The largest absolute Gasteiger partial charge is 0.338 e.